The van der Waals surface area contributed by atoms with Crippen molar-refractivity contribution in [3.63, 3.8) is 0 Å². The van der Waals surface area contributed by atoms with Crippen LogP contribution in [-0.2, 0) is 4.79 Å². The number of aromatic nitrogens is 2. The summed E-state index contributed by atoms with van der Waals surface area (Å²) in [4.78, 5) is 16.7. The topological polar surface area (TPSA) is 89.1 Å². The molecule has 0 atom stereocenters. The van der Waals surface area contributed by atoms with E-state index in [1.54, 1.807) is 0 Å². The maximum atomic E-state index is 13.0. The minimum Gasteiger partial charge on any atom is -0.475 e. The molecule has 1 aromatic carbocycles. The molecule has 24 heavy (non-hydrogen) atoms. The van der Waals surface area contributed by atoms with E-state index in [2.05, 4.69) is 9.97 Å². The van der Waals surface area contributed by atoms with Crippen LogP contribution in [0.15, 0.2) is 35.8 Å². The van der Waals surface area contributed by atoms with Crippen LogP contribution in [0.3, 0.4) is 0 Å². The molecule has 2 heterocycles. The summed E-state index contributed by atoms with van der Waals surface area (Å²) in [6, 6.07) is 7.12. The summed E-state index contributed by atoms with van der Waals surface area (Å²) in [5.41, 5.74) is 7.33. The number of pyridine rings is 1. The fourth-order valence-electron chi connectivity index (χ4n) is 1.69. The molecule has 0 unspecified atom stereocenters. The smallest absolute Gasteiger partial charge is 0.475 e. The van der Waals surface area contributed by atoms with Crippen molar-refractivity contribution < 1.29 is 27.5 Å². The second-order valence-corrected chi connectivity index (χ2v) is 5.33. The molecule has 126 valence electrons. The predicted octanol–water partition coefficient (Wildman–Crippen LogP) is 3.71. The highest BCUT2D eigenvalue weighted by Gasteiger charge is 2.38. The third-order valence-electron chi connectivity index (χ3n) is 2.75. The zero-order chi connectivity index (χ0) is 17.9. The van der Waals surface area contributed by atoms with Crippen molar-refractivity contribution in [3.8, 4) is 11.3 Å². The third kappa shape index (κ3) is 4.38. The number of carbonyl (C=O) groups is 1. The first-order chi connectivity index (χ1) is 11.2. The van der Waals surface area contributed by atoms with Crippen LogP contribution < -0.4 is 5.73 Å². The van der Waals surface area contributed by atoms with Gasteiger partial charge in [0.25, 0.3) is 0 Å². The number of carboxylic acid groups (broad SMARTS) is 1. The number of thiazole rings is 1. The number of halogens is 4. The molecule has 0 saturated carbocycles. The first-order valence-electron chi connectivity index (χ1n) is 6.23. The predicted molar refractivity (Wildman–Crippen MR) is 80.9 cm³/mol. The van der Waals surface area contributed by atoms with Crippen LogP contribution in [0, 0.1) is 5.95 Å². The SMILES string of the molecule is Nc1nc(-c2ccc3cnc(F)cc3c2)cs1.O=C(O)C(F)(F)F. The molecule has 5 nitrogen and oxygen atoms in total. The van der Waals surface area contributed by atoms with Gasteiger partial charge in [0.1, 0.15) is 0 Å². The minimum absolute atomic E-state index is 0.479. The molecule has 0 fully saturated rings. The van der Waals surface area contributed by atoms with Crippen molar-refractivity contribution in [1.29, 1.82) is 0 Å². The summed E-state index contributed by atoms with van der Waals surface area (Å²) in [5.74, 6) is -3.24. The molecule has 3 aromatic rings. The largest absolute Gasteiger partial charge is 0.490 e. The van der Waals surface area contributed by atoms with Crippen LogP contribution in [-0.4, -0.2) is 27.2 Å². The van der Waals surface area contributed by atoms with Crippen LogP contribution in [0.2, 0.25) is 0 Å². The highest BCUT2D eigenvalue weighted by Crippen LogP contribution is 2.26. The van der Waals surface area contributed by atoms with Gasteiger partial charge < -0.3 is 10.8 Å². The van der Waals surface area contributed by atoms with Crippen molar-refractivity contribution in [2.75, 3.05) is 5.73 Å². The molecule has 0 aliphatic carbocycles. The van der Waals surface area contributed by atoms with Crippen LogP contribution >= 0.6 is 11.3 Å². The van der Waals surface area contributed by atoms with E-state index in [0.29, 0.717) is 5.13 Å². The van der Waals surface area contributed by atoms with Crippen LogP contribution in [0.25, 0.3) is 22.0 Å². The number of aliphatic carboxylic acids is 1. The summed E-state index contributed by atoms with van der Waals surface area (Å²) in [6.07, 6.45) is -3.57. The van der Waals surface area contributed by atoms with Gasteiger partial charge in [-0.3, -0.25) is 0 Å². The lowest BCUT2D eigenvalue weighted by molar-refractivity contribution is -0.192. The first kappa shape index (κ1) is 17.6. The lowest BCUT2D eigenvalue weighted by atomic mass is 10.1. The lowest BCUT2D eigenvalue weighted by Crippen LogP contribution is -2.21. The van der Waals surface area contributed by atoms with Gasteiger partial charge in [-0.15, -0.1) is 11.3 Å². The number of benzene rings is 1. The molecule has 0 aliphatic heterocycles. The normalized spacial score (nSPS) is 11.0. The Balaban J connectivity index is 0.000000256. The monoisotopic (exact) mass is 359 g/mol. The number of fused-ring (bicyclic) bond motifs is 1. The fourth-order valence-corrected chi connectivity index (χ4v) is 2.27. The average molecular weight is 359 g/mol. The number of nitrogens with zero attached hydrogens (tertiary/aromatic N) is 2. The van der Waals surface area contributed by atoms with Crippen LogP contribution in [0.5, 0.6) is 0 Å². The molecular formula is C14H9F4N3O2S. The van der Waals surface area contributed by atoms with Crippen LogP contribution in [0.1, 0.15) is 0 Å². The molecular weight excluding hydrogens is 350 g/mol. The molecule has 10 heteroatoms. The molecule has 0 bridgehead atoms. The van der Waals surface area contributed by atoms with E-state index in [1.807, 2.05) is 23.6 Å². The summed E-state index contributed by atoms with van der Waals surface area (Å²) < 4.78 is 44.8. The van der Waals surface area contributed by atoms with Crippen molar-refractivity contribution in [3.05, 3.63) is 41.8 Å². The van der Waals surface area contributed by atoms with Gasteiger partial charge in [-0.1, -0.05) is 12.1 Å². The average Bonchev–Trinajstić information content (AvgIpc) is 2.92. The van der Waals surface area contributed by atoms with E-state index in [-0.39, 0.29) is 0 Å². The van der Waals surface area contributed by atoms with E-state index in [0.717, 1.165) is 22.0 Å². The van der Waals surface area contributed by atoms with Gasteiger partial charge in [-0.05, 0) is 11.5 Å². The fraction of sp³-hybridized carbons (Fsp3) is 0.0714. The van der Waals surface area contributed by atoms with Crippen molar-refractivity contribution in [2.24, 2.45) is 0 Å². The number of nitrogens with two attached hydrogens (primary N) is 1. The molecule has 0 amide bonds. The second-order valence-electron chi connectivity index (χ2n) is 4.44. The lowest BCUT2D eigenvalue weighted by Gasteiger charge is -2.00. The Morgan fingerprint density at radius 3 is 2.42 bits per heavy atom. The molecule has 2 aromatic heterocycles. The van der Waals surface area contributed by atoms with E-state index in [9.17, 15) is 17.6 Å². The summed E-state index contributed by atoms with van der Waals surface area (Å²) >= 11 is 1.39. The van der Waals surface area contributed by atoms with Gasteiger partial charge in [0.05, 0.1) is 5.69 Å². The molecule has 3 N–H and O–H groups in total. The summed E-state index contributed by atoms with van der Waals surface area (Å²) in [7, 11) is 0. The Bertz CT molecular complexity index is 880. The molecule has 0 aliphatic rings. The third-order valence-corrected chi connectivity index (χ3v) is 3.42. The minimum atomic E-state index is -5.08. The number of nitrogen functional groups attached to an aromatic ring is 1. The summed E-state index contributed by atoms with van der Waals surface area (Å²) in [6.45, 7) is 0. The quantitative estimate of drug-likeness (QED) is 0.511. The highest BCUT2D eigenvalue weighted by molar-refractivity contribution is 7.13. The summed E-state index contributed by atoms with van der Waals surface area (Å²) in [5, 5.41) is 11.2. The standard InChI is InChI=1S/C12H8FN3S.C2HF3O2/c13-11-4-9-3-7(1-2-8(9)5-15-11)10-6-17-12(14)16-10;3-2(4,5)1(6)7/h1-6H,(H2,14,16);(H,6,7). The Morgan fingerprint density at radius 2 is 1.88 bits per heavy atom. The Kier molecular flexibility index (Phi) is 4.98. The Hall–Kier alpha value is -2.75. The number of alkyl halides is 3. The van der Waals surface area contributed by atoms with Crippen molar-refractivity contribution in [1.82, 2.24) is 9.97 Å². The van der Waals surface area contributed by atoms with Gasteiger partial charge in [-0.2, -0.15) is 17.6 Å². The van der Waals surface area contributed by atoms with Gasteiger partial charge in [0, 0.05) is 28.6 Å². The number of rotatable bonds is 1. The first-order valence-corrected chi connectivity index (χ1v) is 7.11. The number of anilines is 1. The Morgan fingerprint density at radius 1 is 1.21 bits per heavy atom. The number of hydrogen-bond acceptors (Lipinski definition) is 5. The number of hydrogen-bond donors (Lipinski definition) is 2. The van der Waals surface area contributed by atoms with Gasteiger partial charge >= 0.3 is 12.1 Å². The van der Waals surface area contributed by atoms with E-state index in [1.165, 1.54) is 23.6 Å². The van der Waals surface area contributed by atoms with Crippen LogP contribution in [0.4, 0.5) is 22.7 Å². The zero-order valence-electron chi connectivity index (χ0n) is 11.7. The van der Waals surface area contributed by atoms with Gasteiger partial charge in [0.2, 0.25) is 5.95 Å². The molecule has 0 spiro atoms. The number of carboxylic acids is 1. The second kappa shape index (κ2) is 6.79. The van der Waals surface area contributed by atoms with E-state index in [4.69, 9.17) is 15.6 Å². The van der Waals surface area contributed by atoms with E-state index >= 15 is 0 Å². The molecule has 0 radical (unpaired) electrons. The molecule has 0 saturated heterocycles. The van der Waals surface area contributed by atoms with Crippen molar-refractivity contribution >= 4 is 33.2 Å². The maximum Gasteiger partial charge on any atom is 0.490 e. The molecule has 3 rings (SSSR count). The maximum absolute atomic E-state index is 13.0. The van der Waals surface area contributed by atoms with E-state index < -0.39 is 18.1 Å². The van der Waals surface area contributed by atoms with Crippen molar-refractivity contribution in [2.45, 2.75) is 6.18 Å². The zero-order valence-corrected chi connectivity index (χ0v) is 12.5. The van der Waals surface area contributed by atoms with Gasteiger partial charge in [0.15, 0.2) is 5.13 Å². The van der Waals surface area contributed by atoms with Gasteiger partial charge in [-0.25, -0.2) is 14.8 Å². The Labute approximate surface area is 136 Å². The highest BCUT2D eigenvalue weighted by atomic mass is 32.1.